The fourth-order valence-electron chi connectivity index (χ4n) is 3.69. The van der Waals surface area contributed by atoms with Gasteiger partial charge in [-0.15, -0.1) is 0 Å². The molecule has 0 spiro atoms. The Labute approximate surface area is 141 Å². The lowest BCUT2D eigenvalue weighted by Gasteiger charge is -2.31. The highest BCUT2D eigenvalue weighted by Gasteiger charge is 2.27. The fraction of sp³-hybridized carbons (Fsp3) is 0.444. The third kappa shape index (κ3) is 2.72. The molecule has 0 radical (unpaired) electrons. The summed E-state index contributed by atoms with van der Waals surface area (Å²) in [6.45, 7) is 1.31. The third-order valence-electron chi connectivity index (χ3n) is 5.02. The first kappa shape index (κ1) is 15.1. The van der Waals surface area contributed by atoms with E-state index in [1.807, 2.05) is 11.0 Å². The number of methoxy groups -OCH3 is 1. The summed E-state index contributed by atoms with van der Waals surface area (Å²) >= 11 is 0. The number of carbonyl (C=O) groups is 1. The first-order chi connectivity index (χ1) is 11.7. The Hall–Kier alpha value is -2.50. The van der Waals surface area contributed by atoms with Crippen LogP contribution in [0, 0.1) is 0 Å². The van der Waals surface area contributed by atoms with Gasteiger partial charge in [-0.05, 0) is 42.5 Å². The highest BCUT2D eigenvalue weighted by molar-refractivity contribution is 5.75. The second kappa shape index (κ2) is 6.19. The van der Waals surface area contributed by atoms with Gasteiger partial charge in [-0.25, -0.2) is 9.78 Å². The minimum absolute atomic E-state index is 0.00363. The first-order valence-electron chi connectivity index (χ1n) is 8.48. The lowest BCUT2D eigenvalue weighted by Crippen LogP contribution is -2.44. The number of nitrogens with zero attached hydrogens (tertiary/aromatic N) is 2. The van der Waals surface area contributed by atoms with Gasteiger partial charge >= 0.3 is 6.03 Å². The van der Waals surface area contributed by atoms with E-state index in [0.717, 1.165) is 42.8 Å². The summed E-state index contributed by atoms with van der Waals surface area (Å²) in [6.07, 6.45) is 5.62. The van der Waals surface area contributed by atoms with Gasteiger partial charge in [-0.1, -0.05) is 6.07 Å². The molecule has 1 aromatic carbocycles. The maximum Gasteiger partial charge on any atom is 0.318 e. The standard InChI is InChI=1S/C18H22N4O2/c1-24-13-5-6-14-12(9-13)3-2-4-15(14)21-18(23)22-8-7-16-17(10-22)20-11-19-16/h5-6,9,11,15H,2-4,7-8,10H2,1H3,(H,19,20)(H,21,23)/t15-/m0/s1. The number of hydrogen-bond acceptors (Lipinski definition) is 3. The molecule has 1 aromatic heterocycles. The molecule has 2 amide bonds. The van der Waals surface area contributed by atoms with Crippen molar-refractivity contribution in [3.63, 3.8) is 0 Å². The Kier molecular flexibility index (Phi) is 3.88. The van der Waals surface area contributed by atoms with E-state index in [1.54, 1.807) is 13.4 Å². The lowest BCUT2D eigenvalue weighted by atomic mass is 9.87. The molecule has 0 saturated heterocycles. The number of benzene rings is 1. The SMILES string of the molecule is COc1ccc2c(c1)CCC[C@@H]2NC(=O)N1CCc2nc[nH]c2C1. The summed E-state index contributed by atoms with van der Waals surface area (Å²) < 4.78 is 5.31. The Balaban J connectivity index is 1.47. The number of carbonyl (C=O) groups excluding carboxylic acids is 1. The van der Waals surface area contributed by atoms with Crippen LogP contribution >= 0.6 is 0 Å². The van der Waals surface area contributed by atoms with Crippen LogP contribution in [0.15, 0.2) is 24.5 Å². The molecule has 4 rings (SSSR count). The molecule has 6 heteroatoms. The van der Waals surface area contributed by atoms with E-state index in [9.17, 15) is 4.79 Å². The van der Waals surface area contributed by atoms with Crippen molar-refractivity contribution >= 4 is 6.03 Å². The van der Waals surface area contributed by atoms with Crippen LogP contribution in [-0.4, -0.2) is 34.6 Å². The van der Waals surface area contributed by atoms with E-state index in [0.29, 0.717) is 13.1 Å². The van der Waals surface area contributed by atoms with Crippen LogP contribution in [0.3, 0.4) is 0 Å². The molecule has 2 heterocycles. The van der Waals surface area contributed by atoms with Gasteiger partial charge < -0.3 is 19.9 Å². The van der Waals surface area contributed by atoms with Gasteiger partial charge in [0.25, 0.3) is 0 Å². The molecule has 126 valence electrons. The first-order valence-corrected chi connectivity index (χ1v) is 8.48. The lowest BCUT2D eigenvalue weighted by molar-refractivity contribution is 0.186. The molecule has 6 nitrogen and oxygen atoms in total. The molecule has 24 heavy (non-hydrogen) atoms. The summed E-state index contributed by atoms with van der Waals surface area (Å²) in [4.78, 5) is 22.0. The highest BCUT2D eigenvalue weighted by atomic mass is 16.5. The van der Waals surface area contributed by atoms with E-state index in [-0.39, 0.29) is 12.1 Å². The number of imidazole rings is 1. The van der Waals surface area contributed by atoms with E-state index in [1.165, 1.54) is 11.1 Å². The van der Waals surface area contributed by atoms with Gasteiger partial charge in [0.1, 0.15) is 5.75 Å². The summed E-state index contributed by atoms with van der Waals surface area (Å²) in [5.41, 5.74) is 4.62. The molecule has 0 unspecified atom stereocenters. The third-order valence-corrected chi connectivity index (χ3v) is 5.02. The summed E-state index contributed by atoms with van der Waals surface area (Å²) in [5, 5.41) is 3.22. The quantitative estimate of drug-likeness (QED) is 0.891. The molecule has 0 fully saturated rings. The zero-order valence-corrected chi connectivity index (χ0v) is 13.8. The van der Waals surface area contributed by atoms with Crippen molar-refractivity contribution in [1.29, 1.82) is 0 Å². The second-order valence-corrected chi connectivity index (χ2v) is 6.46. The van der Waals surface area contributed by atoms with Crippen molar-refractivity contribution in [3.05, 3.63) is 47.0 Å². The van der Waals surface area contributed by atoms with Crippen molar-refractivity contribution in [2.24, 2.45) is 0 Å². The van der Waals surface area contributed by atoms with Crippen molar-refractivity contribution in [3.8, 4) is 5.75 Å². The maximum absolute atomic E-state index is 12.7. The smallest absolute Gasteiger partial charge is 0.318 e. The predicted molar refractivity (Wildman–Crippen MR) is 89.9 cm³/mol. The Morgan fingerprint density at radius 1 is 1.42 bits per heavy atom. The Bertz CT molecular complexity index is 755. The number of ether oxygens (including phenoxy) is 1. The fourth-order valence-corrected chi connectivity index (χ4v) is 3.69. The van der Waals surface area contributed by atoms with Crippen molar-refractivity contribution < 1.29 is 9.53 Å². The van der Waals surface area contributed by atoms with Gasteiger partial charge in [0.2, 0.25) is 0 Å². The van der Waals surface area contributed by atoms with E-state index in [2.05, 4.69) is 27.4 Å². The molecule has 0 saturated carbocycles. The van der Waals surface area contributed by atoms with Crippen LogP contribution in [0.2, 0.25) is 0 Å². The molecule has 2 aromatic rings. The van der Waals surface area contributed by atoms with Crippen LogP contribution in [0.4, 0.5) is 4.79 Å². The Morgan fingerprint density at radius 3 is 3.21 bits per heavy atom. The minimum Gasteiger partial charge on any atom is -0.497 e. The maximum atomic E-state index is 12.7. The summed E-state index contributed by atoms with van der Waals surface area (Å²) in [6, 6.07) is 6.23. The summed E-state index contributed by atoms with van der Waals surface area (Å²) in [7, 11) is 1.68. The van der Waals surface area contributed by atoms with Crippen molar-refractivity contribution in [1.82, 2.24) is 20.2 Å². The number of urea groups is 1. The zero-order valence-electron chi connectivity index (χ0n) is 13.8. The van der Waals surface area contributed by atoms with Crippen LogP contribution in [0.5, 0.6) is 5.75 Å². The largest absolute Gasteiger partial charge is 0.497 e. The van der Waals surface area contributed by atoms with Gasteiger partial charge in [0.15, 0.2) is 0 Å². The van der Waals surface area contributed by atoms with Crippen molar-refractivity contribution in [2.45, 2.75) is 38.3 Å². The number of amides is 2. The van der Waals surface area contributed by atoms with E-state index < -0.39 is 0 Å². The molecular formula is C18H22N4O2. The number of hydrogen-bond donors (Lipinski definition) is 2. The highest BCUT2D eigenvalue weighted by Crippen LogP contribution is 2.32. The number of nitrogens with one attached hydrogen (secondary N) is 2. The molecule has 1 atom stereocenters. The topological polar surface area (TPSA) is 70.2 Å². The molecule has 2 aliphatic rings. The monoisotopic (exact) mass is 326 g/mol. The summed E-state index contributed by atoms with van der Waals surface area (Å²) in [5.74, 6) is 0.878. The van der Waals surface area contributed by atoms with Crippen LogP contribution in [0.25, 0.3) is 0 Å². The molecule has 2 N–H and O–H groups in total. The number of aromatic nitrogens is 2. The molecule has 1 aliphatic heterocycles. The van der Waals surface area contributed by atoms with Gasteiger partial charge in [0.05, 0.1) is 37.4 Å². The zero-order chi connectivity index (χ0) is 16.5. The molecule has 0 bridgehead atoms. The van der Waals surface area contributed by atoms with Crippen LogP contribution in [0.1, 0.15) is 41.4 Å². The Morgan fingerprint density at radius 2 is 2.33 bits per heavy atom. The predicted octanol–water partition coefficient (Wildman–Crippen LogP) is 2.56. The average Bonchev–Trinajstić information content (AvgIpc) is 3.09. The number of H-pyrrole nitrogens is 1. The van der Waals surface area contributed by atoms with Gasteiger partial charge in [0, 0.05) is 13.0 Å². The normalized spacial score (nSPS) is 19.4. The van der Waals surface area contributed by atoms with Crippen LogP contribution in [-0.2, 0) is 19.4 Å². The number of aryl methyl sites for hydroxylation is 1. The van der Waals surface area contributed by atoms with Gasteiger partial charge in [-0.3, -0.25) is 0 Å². The minimum atomic E-state index is 0.00363. The second-order valence-electron chi connectivity index (χ2n) is 6.46. The number of aromatic amines is 1. The van der Waals surface area contributed by atoms with Crippen LogP contribution < -0.4 is 10.1 Å². The average molecular weight is 326 g/mol. The number of rotatable bonds is 2. The number of fused-ring (bicyclic) bond motifs is 2. The van der Waals surface area contributed by atoms with Crippen molar-refractivity contribution in [2.75, 3.05) is 13.7 Å². The van der Waals surface area contributed by atoms with Gasteiger partial charge in [-0.2, -0.15) is 0 Å². The molecule has 1 aliphatic carbocycles. The van der Waals surface area contributed by atoms with E-state index in [4.69, 9.17) is 4.74 Å². The molecular weight excluding hydrogens is 304 g/mol. The van der Waals surface area contributed by atoms with E-state index >= 15 is 0 Å².